The lowest BCUT2D eigenvalue weighted by Crippen LogP contribution is -2.23. The van der Waals surface area contributed by atoms with Crippen LogP contribution in [0.4, 0.5) is 0 Å². The third kappa shape index (κ3) is 3.95. The molecule has 0 aliphatic heterocycles. The van der Waals surface area contributed by atoms with Gasteiger partial charge in [0.2, 0.25) is 0 Å². The monoisotopic (exact) mass is 476 g/mol. The molecule has 0 bridgehead atoms. The fourth-order valence-electron chi connectivity index (χ4n) is 2.66. The predicted octanol–water partition coefficient (Wildman–Crippen LogP) is 2.94. The number of carbonyl (C=O) groups excluding carboxylic acids is 1. The molecular formula is C19H17IN4O3. The lowest BCUT2D eigenvalue weighted by molar-refractivity contribution is 0.0952. The van der Waals surface area contributed by atoms with E-state index in [4.69, 9.17) is 0 Å². The largest absolute Gasteiger partial charge is 0.507 e. The molecule has 0 aliphatic rings. The molecule has 0 unspecified atom stereocenters. The van der Waals surface area contributed by atoms with Crippen LogP contribution in [0, 0.1) is 10.5 Å². The highest BCUT2D eigenvalue weighted by Gasteiger charge is 2.16. The molecule has 0 fully saturated rings. The van der Waals surface area contributed by atoms with Crippen molar-refractivity contribution < 1.29 is 9.90 Å². The number of nitrogens with zero attached hydrogens (tertiary/aromatic N) is 2. The number of aromatic amines is 1. The SMILES string of the molecule is C/C(=N\NC(=O)c1ccccc1O)c1c(C)[nH]n(-c2ccc(I)cc2)c1=O. The van der Waals surface area contributed by atoms with Crippen molar-refractivity contribution in [3.8, 4) is 11.4 Å². The van der Waals surface area contributed by atoms with Crippen LogP contribution in [0.3, 0.4) is 0 Å². The molecule has 0 aliphatic carbocycles. The van der Waals surface area contributed by atoms with E-state index in [0.717, 1.165) is 3.57 Å². The number of amides is 1. The fraction of sp³-hybridized carbons (Fsp3) is 0.105. The van der Waals surface area contributed by atoms with Gasteiger partial charge >= 0.3 is 0 Å². The number of carbonyl (C=O) groups is 1. The Kier molecular flexibility index (Phi) is 5.45. The van der Waals surface area contributed by atoms with Gasteiger partial charge < -0.3 is 5.11 Å². The first-order chi connectivity index (χ1) is 12.9. The summed E-state index contributed by atoms with van der Waals surface area (Å²) in [6.45, 7) is 3.41. The van der Waals surface area contributed by atoms with E-state index in [0.29, 0.717) is 22.7 Å². The first kappa shape index (κ1) is 18.9. The number of rotatable bonds is 4. The summed E-state index contributed by atoms with van der Waals surface area (Å²) in [5.41, 5.74) is 4.31. The Labute approximate surface area is 168 Å². The Morgan fingerprint density at radius 2 is 1.85 bits per heavy atom. The second kappa shape index (κ2) is 7.78. The van der Waals surface area contributed by atoms with Crippen molar-refractivity contribution in [1.29, 1.82) is 0 Å². The van der Waals surface area contributed by atoms with E-state index in [9.17, 15) is 14.7 Å². The molecule has 3 aromatic rings. The Morgan fingerprint density at radius 3 is 2.52 bits per heavy atom. The van der Waals surface area contributed by atoms with Crippen LogP contribution in [0.5, 0.6) is 5.75 Å². The van der Waals surface area contributed by atoms with E-state index in [-0.39, 0.29) is 16.9 Å². The average molecular weight is 476 g/mol. The summed E-state index contributed by atoms with van der Waals surface area (Å²) in [4.78, 5) is 24.9. The van der Waals surface area contributed by atoms with E-state index in [1.807, 2.05) is 24.3 Å². The van der Waals surface area contributed by atoms with Crippen molar-refractivity contribution in [3.05, 3.63) is 79.3 Å². The van der Waals surface area contributed by atoms with Gasteiger partial charge in [-0.2, -0.15) is 5.10 Å². The quantitative estimate of drug-likeness (QED) is 0.307. The second-order valence-corrected chi connectivity index (χ2v) is 7.13. The van der Waals surface area contributed by atoms with Crippen molar-refractivity contribution in [2.75, 3.05) is 0 Å². The molecule has 27 heavy (non-hydrogen) atoms. The summed E-state index contributed by atoms with van der Waals surface area (Å²) < 4.78 is 2.50. The number of phenolic OH excluding ortho intramolecular Hbond substituents is 1. The third-order valence-electron chi connectivity index (χ3n) is 3.99. The van der Waals surface area contributed by atoms with Crippen LogP contribution in [0.2, 0.25) is 0 Å². The molecule has 0 radical (unpaired) electrons. The minimum Gasteiger partial charge on any atom is -0.507 e. The number of hydrogen-bond donors (Lipinski definition) is 3. The number of benzene rings is 2. The number of aromatic hydroxyl groups is 1. The van der Waals surface area contributed by atoms with Gasteiger partial charge in [0, 0.05) is 9.26 Å². The zero-order valence-corrected chi connectivity index (χ0v) is 16.8. The van der Waals surface area contributed by atoms with Gasteiger partial charge in [0.1, 0.15) is 5.75 Å². The Bertz CT molecular complexity index is 1080. The number of para-hydroxylation sites is 1. The molecule has 0 atom stereocenters. The van der Waals surface area contributed by atoms with Crippen LogP contribution < -0.4 is 11.0 Å². The zero-order chi connectivity index (χ0) is 19.6. The number of aryl methyl sites for hydroxylation is 1. The van der Waals surface area contributed by atoms with Gasteiger partial charge in [0.05, 0.1) is 22.5 Å². The van der Waals surface area contributed by atoms with Crippen LogP contribution in [-0.2, 0) is 0 Å². The van der Waals surface area contributed by atoms with Crippen molar-refractivity contribution in [2.45, 2.75) is 13.8 Å². The average Bonchev–Trinajstić information content (AvgIpc) is 2.95. The third-order valence-corrected chi connectivity index (χ3v) is 4.71. The molecule has 0 spiro atoms. The summed E-state index contributed by atoms with van der Waals surface area (Å²) >= 11 is 2.20. The summed E-state index contributed by atoms with van der Waals surface area (Å²) in [5, 5.41) is 16.8. The number of aromatic nitrogens is 2. The van der Waals surface area contributed by atoms with E-state index >= 15 is 0 Å². The molecule has 1 aromatic heterocycles. The topological polar surface area (TPSA) is 99.5 Å². The molecule has 2 aromatic carbocycles. The highest BCUT2D eigenvalue weighted by Crippen LogP contribution is 2.15. The van der Waals surface area contributed by atoms with Gasteiger partial charge in [-0.15, -0.1) is 0 Å². The number of halogens is 1. The van der Waals surface area contributed by atoms with Gasteiger partial charge in [-0.25, -0.2) is 10.1 Å². The number of hydrazone groups is 1. The molecule has 8 heteroatoms. The molecule has 3 rings (SSSR count). The Balaban J connectivity index is 1.89. The molecule has 7 nitrogen and oxygen atoms in total. The highest BCUT2D eigenvalue weighted by atomic mass is 127. The zero-order valence-electron chi connectivity index (χ0n) is 14.7. The van der Waals surface area contributed by atoms with Gasteiger partial charge in [0.15, 0.2) is 0 Å². The summed E-state index contributed by atoms with van der Waals surface area (Å²) in [5.74, 6) is -0.694. The van der Waals surface area contributed by atoms with Crippen molar-refractivity contribution in [1.82, 2.24) is 15.2 Å². The number of phenols is 1. The molecule has 3 N–H and O–H groups in total. The van der Waals surface area contributed by atoms with Gasteiger partial charge in [-0.1, -0.05) is 12.1 Å². The molecule has 1 amide bonds. The first-order valence-electron chi connectivity index (χ1n) is 8.09. The highest BCUT2D eigenvalue weighted by molar-refractivity contribution is 14.1. The van der Waals surface area contributed by atoms with Crippen LogP contribution >= 0.6 is 22.6 Å². The minimum absolute atomic E-state index is 0.108. The van der Waals surface area contributed by atoms with E-state index in [2.05, 4.69) is 38.2 Å². The summed E-state index contributed by atoms with van der Waals surface area (Å²) in [7, 11) is 0. The molecule has 1 heterocycles. The van der Waals surface area contributed by atoms with Crippen LogP contribution in [0.1, 0.15) is 28.5 Å². The first-order valence-corrected chi connectivity index (χ1v) is 9.17. The van der Waals surface area contributed by atoms with Crippen LogP contribution in [-0.4, -0.2) is 26.5 Å². The number of hydrogen-bond acceptors (Lipinski definition) is 4. The van der Waals surface area contributed by atoms with E-state index in [1.165, 1.54) is 16.8 Å². The molecule has 0 saturated carbocycles. The lowest BCUT2D eigenvalue weighted by Gasteiger charge is -2.03. The van der Waals surface area contributed by atoms with Crippen molar-refractivity contribution in [3.63, 3.8) is 0 Å². The van der Waals surface area contributed by atoms with Gasteiger partial charge in [-0.05, 0) is 72.8 Å². The van der Waals surface area contributed by atoms with Crippen molar-refractivity contribution >= 4 is 34.2 Å². The fourth-order valence-corrected chi connectivity index (χ4v) is 3.02. The van der Waals surface area contributed by atoms with Crippen LogP contribution in [0.15, 0.2) is 58.4 Å². The smallest absolute Gasteiger partial charge is 0.280 e. The maximum atomic E-state index is 12.8. The number of nitrogens with one attached hydrogen (secondary N) is 2. The van der Waals surface area contributed by atoms with Gasteiger partial charge in [0.25, 0.3) is 11.5 Å². The van der Waals surface area contributed by atoms with Gasteiger partial charge in [-0.3, -0.25) is 14.7 Å². The molecule has 138 valence electrons. The Morgan fingerprint density at radius 1 is 1.19 bits per heavy atom. The van der Waals surface area contributed by atoms with E-state index in [1.54, 1.807) is 26.0 Å². The Hall–Kier alpha value is -2.88. The van der Waals surface area contributed by atoms with Crippen LogP contribution in [0.25, 0.3) is 5.69 Å². The number of H-pyrrole nitrogens is 1. The van der Waals surface area contributed by atoms with Crippen molar-refractivity contribution in [2.24, 2.45) is 5.10 Å². The minimum atomic E-state index is -0.557. The summed E-state index contributed by atoms with van der Waals surface area (Å²) in [6, 6.07) is 13.7. The normalized spacial score (nSPS) is 11.4. The molecular weight excluding hydrogens is 459 g/mol. The lowest BCUT2D eigenvalue weighted by atomic mass is 10.2. The summed E-state index contributed by atoms with van der Waals surface area (Å²) in [6.07, 6.45) is 0. The van der Waals surface area contributed by atoms with E-state index < -0.39 is 5.91 Å². The maximum Gasteiger partial charge on any atom is 0.280 e. The predicted molar refractivity (Wildman–Crippen MR) is 112 cm³/mol. The molecule has 0 saturated heterocycles. The standard InChI is InChI=1S/C19H17IN4O3/c1-11(21-22-18(26)15-5-3-4-6-16(15)25)17-12(2)23-24(19(17)27)14-9-7-13(20)8-10-14/h3-10,23,25H,1-2H3,(H,22,26)/b21-11+. The second-order valence-electron chi connectivity index (χ2n) is 5.88. The maximum absolute atomic E-state index is 12.8.